The number of carbonyl (C=O) groups is 3. The molecule has 1 aromatic carbocycles. The molecule has 6 heteroatoms. The van der Waals surface area contributed by atoms with Crippen molar-refractivity contribution in [2.75, 3.05) is 5.32 Å². The van der Waals surface area contributed by atoms with Crippen LogP contribution >= 0.6 is 0 Å². The Balaban J connectivity index is 1.18. The van der Waals surface area contributed by atoms with Gasteiger partial charge in [-0.3, -0.25) is 14.4 Å². The predicted octanol–water partition coefficient (Wildman–Crippen LogP) is 3.24. The number of benzene rings is 1. The summed E-state index contributed by atoms with van der Waals surface area (Å²) in [7, 11) is 0. The Kier molecular flexibility index (Phi) is 4.83. The van der Waals surface area contributed by atoms with Crippen molar-refractivity contribution in [3.8, 4) is 0 Å². The third-order valence-corrected chi connectivity index (χ3v) is 8.09. The smallest absolute Gasteiger partial charge is 0.254 e. The fraction of sp³-hybridized carbons (Fsp3) is 0.625. The van der Waals surface area contributed by atoms with Gasteiger partial charge in [0.2, 0.25) is 11.8 Å². The van der Waals surface area contributed by atoms with Crippen molar-refractivity contribution >= 4 is 23.4 Å². The van der Waals surface area contributed by atoms with Crippen LogP contribution in [0.3, 0.4) is 0 Å². The van der Waals surface area contributed by atoms with E-state index in [1.165, 1.54) is 38.5 Å². The van der Waals surface area contributed by atoms with Crippen LogP contribution in [0.2, 0.25) is 0 Å². The minimum absolute atomic E-state index is 0.0259. The van der Waals surface area contributed by atoms with E-state index in [0.29, 0.717) is 17.7 Å². The van der Waals surface area contributed by atoms with Crippen molar-refractivity contribution in [1.82, 2.24) is 10.6 Å². The quantitative estimate of drug-likeness (QED) is 0.698. The minimum atomic E-state index is -0.703. The normalized spacial score (nSPS) is 35.1. The molecule has 6 nitrogen and oxygen atoms in total. The van der Waals surface area contributed by atoms with Crippen molar-refractivity contribution in [3.63, 3.8) is 0 Å². The Morgan fingerprint density at radius 2 is 1.73 bits per heavy atom. The third-order valence-electron chi connectivity index (χ3n) is 8.09. The summed E-state index contributed by atoms with van der Waals surface area (Å²) in [6.45, 7) is 2.17. The lowest BCUT2D eigenvalue weighted by Gasteiger charge is -2.59. The highest BCUT2D eigenvalue weighted by Gasteiger charge is 2.53. The fourth-order valence-electron chi connectivity index (χ4n) is 6.96. The minimum Gasteiger partial charge on any atom is -0.353 e. The van der Waals surface area contributed by atoms with E-state index in [1.54, 1.807) is 24.3 Å². The Bertz CT molecular complexity index is 845. The highest BCUT2D eigenvalue weighted by molar-refractivity contribution is 6.09. The van der Waals surface area contributed by atoms with E-state index < -0.39 is 6.04 Å². The molecule has 0 aromatic heterocycles. The summed E-state index contributed by atoms with van der Waals surface area (Å²) in [5.74, 6) is 1.97. The van der Waals surface area contributed by atoms with Crippen molar-refractivity contribution in [3.05, 3.63) is 29.8 Å². The molecule has 4 bridgehead atoms. The van der Waals surface area contributed by atoms with Crippen LogP contribution < -0.4 is 16.0 Å². The van der Waals surface area contributed by atoms with Gasteiger partial charge in [0.15, 0.2) is 0 Å². The number of anilines is 1. The third kappa shape index (κ3) is 3.50. The zero-order chi connectivity index (χ0) is 20.9. The molecule has 4 saturated carbocycles. The molecule has 4 fully saturated rings. The SMILES string of the molecule is C[C@@H](NC(=O)CC[C@@H]1NC(=O)c2ccccc2NC1=O)C12CC3CC(CC(C3)C1)C2. The van der Waals surface area contributed by atoms with E-state index in [0.717, 1.165) is 17.8 Å². The molecular formula is C24H31N3O3. The van der Waals surface area contributed by atoms with Crippen LogP contribution in [0.4, 0.5) is 5.69 Å². The van der Waals surface area contributed by atoms with Gasteiger partial charge in [-0.05, 0) is 87.2 Å². The summed E-state index contributed by atoms with van der Waals surface area (Å²) in [4.78, 5) is 37.7. The average molecular weight is 410 g/mol. The molecule has 3 N–H and O–H groups in total. The number of fused-ring (bicyclic) bond motifs is 1. The largest absolute Gasteiger partial charge is 0.353 e. The number of hydrogen-bond donors (Lipinski definition) is 3. The van der Waals surface area contributed by atoms with Crippen molar-refractivity contribution in [2.45, 2.75) is 70.4 Å². The van der Waals surface area contributed by atoms with Gasteiger partial charge in [-0.1, -0.05) is 12.1 Å². The first-order valence-corrected chi connectivity index (χ1v) is 11.4. The van der Waals surface area contributed by atoms with E-state index in [2.05, 4.69) is 22.9 Å². The first kappa shape index (κ1) is 19.6. The van der Waals surface area contributed by atoms with Crippen molar-refractivity contribution in [1.29, 1.82) is 0 Å². The van der Waals surface area contributed by atoms with Crippen LogP contribution in [0.25, 0.3) is 0 Å². The lowest BCUT2D eigenvalue weighted by Crippen LogP contribution is -2.56. The van der Waals surface area contributed by atoms with E-state index >= 15 is 0 Å². The van der Waals surface area contributed by atoms with Gasteiger partial charge in [0.1, 0.15) is 6.04 Å². The highest BCUT2D eigenvalue weighted by atomic mass is 16.2. The van der Waals surface area contributed by atoms with Gasteiger partial charge in [0.25, 0.3) is 5.91 Å². The standard InChI is InChI=1S/C24H31N3O3/c1-14(24-11-15-8-16(12-24)10-17(9-15)13-24)25-21(28)7-6-20-23(30)26-19-5-3-2-4-18(19)22(29)27-20/h2-5,14-17,20H,6-13H2,1H3,(H,25,28)(H,26,30)(H,27,29)/t14-,15?,16?,17?,20+,24?/m1/s1. The number of hydrogen-bond acceptors (Lipinski definition) is 3. The number of carbonyl (C=O) groups excluding carboxylic acids is 3. The van der Waals surface area contributed by atoms with E-state index in [9.17, 15) is 14.4 Å². The molecule has 1 aromatic rings. The second-order valence-corrected chi connectivity index (χ2v) is 10.2. The lowest BCUT2D eigenvalue weighted by molar-refractivity contribution is -0.126. The first-order chi connectivity index (χ1) is 14.4. The maximum absolute atomic E-state index is 12.7. The predicted molar refractivity (Wildman–Crippen MR) is 114 cm³/mol. The average Bonchev–Trinajstić information content (AvgIpc) is 2.81. The van der Waals surface area contributed by atoms with Crippen LogP contribution in [0.5, 0.6) is 0 Å². The number of amides is 3. The molecule has 30 heavy (non-hydrogen) atoms. The number of para-hydroxylation sites is 1. The van der Waals surface area contributed by atoms with Crippen LogP contribution in [-0.2, 0) is 9.59 Å². The van der Waals surface area contributed by atoms with E-state index in [-0.39, 0.29) is 35.6 Å². The second-order valence-electron chi connectivity index (χ2n) is 10.2. The van der Waals surface area contributed by atoms with Crippen molar-refractivity contribution < 1.29 is 14.4 Å². The molecule has 5 aliphatic rings. The second kappa shape index (κ2) is 7.40. The monoisotopic (exact) mass is 409 g/mol. The fourth-order valence-corrected chi connectivity index (χ4v) is 6.96. The van der Waals surface area contributed by atoms with Crippen LogP contribution in [0.15, 0.2) is 24.3 Å². The van der Waals surface area contributed by atoms with Gasteiger partial charge in [0, 0.05) is 12.5 Å². The molecule has 6 rings (SSSR count). The zero-order valence-electron chi connectivity index (χ0n) is 17.6. The maximum atomic E-state index is 12.7. The summed E-state index contributed by atoms with van der Waals surface area (Å²) < 4.78 is 0. The van der Waals surface area contributed by atoms with E-state index in [1.807, 2.05) is 0 Å². The molecule has 4 aliphatic carbocycles. The van der Waals surface area contributed by atoms with Crippen LogP contribution in [0.1, 0.15) is 68.6 Å². The molecular weight excluding hydrogens is 378 g/mol. The molecule has 3 amide bonds. The van der Waals surface area contributed by atoms with Gasteiger partial charge in [-0.25, -0.2) is 0 Å². The summed E-state index contributed by atoms with van der Waals surface area (Å²) in [6.07, 6.45) is 8.44. The Hall–Kier alpha value is -2.37. The van der Waals surface area contributed by atoms with Crippen molar-refractivity contribution in [2.24, 2.45) is 23.2 Å². The van der Waals surface area contributed by atoms with E-state index in [4.69, 9.17) is 0 Å². The number of nitrogens with one attached hydrogen (secondary N) is 3. The van der Waals surface area contributed by atoms with Gasteiger partial charge in [0.05, 0.1) is 11.3 Å². The molecule has 160 valence electrons. The zero-order valence-corrected chi connectivity index (χ0v) is 17.6. The Morgan fingerprint density at radius 1 is 1.10 bits per heavy atom. The molecule has 1 heterocycles. The molecule has 0 radical (unpaired) electrons. The first-order valence-electron chi connectivity index (χ1n) is 11.4. The highest BCUT2D eigenvalue weighted by Crippen LogP contribution is 2.61. The Morgan fingerprint density at radius 3 is 2.40 bits per heavy atom. The maximum Gasteiger partial charge on any atom is 0.254 e. The molecule has 0 spiro atoms. The van der Waals surface area contributed by atoms with Crippen LogP contribution in [-0.4, -0.2) is 29.8 Å². The molecule has 0 unspecified atom stereocenters. The molecule has 1 aliphatic heterocycles. The Labute approximate surface area is 177 Å². The van der Waals surface area contributed by atoms with Gasteiger partial charge in [-0.15, -0.1) is 0 Å². The van der Waals surface area contributed by atoms with Gasteiger partial charge in [-0.2, -0.15) is 0 Å². The summed E-state index contributed by atoms with van der Waals surface area (Å²) in [6, 6.07) is 6.42. The lowest BCUT2D eigenvalue weighted by atomic mass is 9.48. The summed E-state index contributed by atoms with van der Waals surface area (Å²) in [5.41, 5.74) is 1.23. The van der Waals surface area contributed by atoms with Gasteiger partial charge < -0.3 is 16.0 Å². The topological polar surface area (TPSA) is 87.3 Å². The summed E-state index contributed by atoms with van der Waals surface area (Å²) in [5, 5.41) is 8.83. The number of rotatable bonds is 5. The summed E-state index contributed by atoms with van der Waals surface area (Å²) >= 11 is 0. The molecule has 2 atom stereocenters. The molecule has 0 saturated heterocycles. The van der Waals surface area contributed by atoms with Gasteiger partial charge >= 0.3 is 0 Å². The van der Waals surface area contributed by atoms with Crippen LogP contribution in [0, 0.1) is 23.2 Å².